The summed E-state index contributed by atoms with van der Waals surface area (Å²) in [5.74, 6) is 0. The first-order valence-corrected chi connectivity index (χ1v) is 8.61. The Labute approximate surface area is 124 Å². The van der Waals surface area contributed by atoms with E-state index >= 15 is 0 Å². The van der Waals surface area contributed by atoms with E-state index in [9.17, 15) is 13.2 Å². The van der Waals surface area contributed by atoms with Crippen molar-refractivity contribution in [2.45, 2.75) is 49.5 Å². The van der Waals surface area contributed by atoms with Crippen molar-refractivity contribution < 1.29 is 8.42 Å². The minimum Gasteiger partial charge on any atom is -0.326 e. The van der Waals surface area contributed by atoms with Crippen LogP contribution in [0, 0.1) is 0 Å². The van der Waals surface area contributed by atoms with Gasteiger partial charge in [-0.2, -0.15) is 4.31 Å². The number of halogens is 1. The third-order valence-corrected chi connectivity index (χ3v) is 6.02. The molecule has 1 aromatic heterocycles. The number of aromatic amines is 1. The lowest BCUT2D eigenvalue weighted by Crippen LogP contribution is -2.37. The molecule has 1 saturated carbocycles. The molecule has 1 fully saturated rings. The highest BCUT2D eigenvalue weighted by molar-refractivity contribution is 7.89. The molecule has 0 atom stereocenters. The minimum absolute atomic E-state index is 0.0215. The molecule has 1 N–H and O–H groups in total. The van der Waals surface area contributed by atoms with E-state index in [1.807, 2.05) is 0 Å². The maximum Gasteiger partial charge on any atom is 0.266 e. The van der Waals surface area contributed by atoms with Gasteiger partial charge < -0.3 is 4.98 Å². The lowest BCUT2D eigenvalue weighted by Gasteiger charge is -2.26. The lowest BCUT2D eigenvalue weighted by molar-refractivity contribution is 0.335. The molecule has 0 bridgehead atoms. The van der Waals surface area contributed by atoms with Gasteiger partial charge in [-0.3, -0.25) is 4.79 Å². The second kappa shape index (κ2) is 6.28. The van der Waals surface area contributed by atoms with Crippen molar-refractivity contribution in [3.8, 4) is 0 Å². The summed E-state index contributed by atoms with van der Waals surface area (Å²) in [6.45, 7) is 0. The van der Waals surface area contributed by atoms with E-state index < -0.39 is 15.6 Å². The van der Waals surface area contributed by atoms with Gasteiger partial charge in [0.05, 0.1) is 4.90 Å². The lowest BCUT2D eigenvalue weighted by atomic mass is 10.1. The maximum atomic E-state index is 12.6. The van der Waals surface area contributed by atoms with Crippen molar-refractivity contribution in [1.29, 1.82) is 0 Å². The molecule has 1 aliphatic carbocycles. The van der Waals surface area contributed by atoms with Crippen LogP contribution in [0.2, 0.25) is 5.02 Å². The van der Waals surface area contributed by atoms with Crippen molar-refractivity contribution in [1.82, 2.24) is 9.29 Å². The molecule has 20 heavy (non-hydrogen) atoms. The zero-order valence-corrected chi connectivity index (χ0v) is 13.0. The molecule has 0 spiro atoms. The molecule has 112 valence electrons. The Balaban J connectivity index is 2.28. The van der Waals surface area contributed by atoms with Crippen LogP contribution in [-0.4, -0.2) is 30.8 Å². The monoisotopic (exact) mass is 318 g/mol. The van der Waals surface area contributed by atoms with Gasteiger partial charge in [0.2, 0.25) is 10.0 Å². The normalized spacial score (nSPS) is 18.1. The standard InChI is InChI=1S/C13H19ClN2O3S/c1-16(10-6-4-2-3-5-7-10)20(18,19)11-8-12(14)13(17)15-9-11/h8-10H,2-7H2,1H3,(H,15,17). The van der Waals surface area contributed by atoms with Crippen LogP contribution in [0.5, 0.6) is 0 Å². The van der Waals surface area contributed by atoms with Crippen LogP contribution in [0.15, 0.2) is 22.0 Å². The Morgan fingerprint density at radius 2 is 1.85 bits per heavy atom. The van der Waals surface area contributed by atoms with E-state index in [1.165, 1.54) is 16.6 Å². The first-order valence-electron chi connectivity index (χ1n) is 6.79. The predicted molar refractivity (Wildman–Crippen MR) is 78.5 cm³/mol. The third kappa shape index (κ3) is 3.24. The van der Waals surface area contributed by atoms with Gasteiger partial charge in [0, 0.05) is 19.3 Å². The fourth-order valence-corrected chi connectivity index (χ4v) is 4.22. The predicted octanol–water partition coefficient (Wildman–Crippen LogP) is 2.37. The summed E-state index contributed by atoms with van der Waals surface area (Å²) in [5, 5.41) is -0.111. The van der Waals surface area contributed by atoms with Crippen molar-refractivity contribution in [3.05, 3.63) is 27.6 Å². The van der Waals surface area contributed by atoms with Crippen LogP contribution < -0.4 is 5.56 Å². The summed E-state index contributed by atoms with van der Waals surface area (Å²) in [5.41, 5.74) is -0.484. The quantitative estimate of drug-likeness (QED) is 0.870. The number of pyridine rings is 1. The van der Waals surface area contributed by atoms with Gasteiger partial charge >= 0.3 is 0 Å². The summed E-state index contributed by atoms with van der Waals surface area (Å²) >= 11 is 5.71. The van der Waals surface area contributed by atoms with Crippen LogP contribution in [0.25, 0.3) is 0 Å². The molecular weight excluding hydrogens is 300 g/mol. The Hall–Kier alpha value is -0.850. The second-order valence-corrected chi connectivity index (χ2v) is 7.58. The second-order valence-electron chi connectivity index (χ2n) is 5.18. The Morgan fingerprint density at radius 3 is 2.40 bits per heavy atom. The molecular formula is C13H19ClN2O3S. The number of H-pyrrole nitrogens is 1. The Bertz CT molecular complexity index is 619. The van der Waals surface area contributed by atoms with Crippen LogP contribution >= 0.6 is 11.6 Å². The largest absolute Gasteiger partial charge is 0.326 e. The van der Waals surface area contributed by atoms with Crippen molar-refractivity contribution in [3.63, 3.8) is 0 Å². The van der Waals surface area contributed by atoms with E-state index in [4.69, 9.17) is 11.6 Å². The van der Waals surface area contributed by atoms with E-state index in [-0.39, 0.29) is 16.0 Å². The molecule has 0 radical (unpaired) electrons. The van der Waals surface area contributed by atoms with Gasteiger partial charge in [0.1, 0.15) is 5.02 Å². The molecule has 0 aliphatic heterocycles. The highest BCUT2D eigenvalue weighted by Gasteiger charge is 2.28. The Kier molecular flexibility index (Phi) is 4.88. The number of rotatable bonds is 3. The summed E-state index contributed by atoms with van der Waals surface area (Å²) < 4.78 is 26.5. The molecule has 5 nitrogen and oxygen atoms in total. The zero-order chi connectivity index (χ0) is 14.8. The van der Waals surface area contributed by atoms with Crippen molar-refractivity contribution >= 4 is 21.6 Å². The average molecular weight is 319 g/mol. The topological polar surface area (TPSA) is 70.2 Å². The molecule has 0 aromatic carbocycles. The molecule has 7 heteroatoms. The van der Waals surface area contributed by atoms with Gasteiger partial charge in [-0.1, -0.05) is 37.3 Å². The molecule has 0 amide bonds. The van der Waals surface area contributed by atoms with Crippen molar-refractivity contribution in [2.24, 2.45) is 0 Å². The molecule has 0 saturated heterocycles. The molecule has 1 aromatic rings. The fraction of sp³-hybridized carbons (Fsp3) is 0.615. The highest BCUT2D eigenvalue weighted by Crippen LogP contribution is 2.25. The van der Waals surface area contributed by atoms with E-state index in [2.05, 4.69) is 4.98 Å². The van der Waals surface area contributed by atoms with Crippen LogP contribution in [-0.2, 0) is 10.0 Å². The number of hydrogen-bond donors (Lipinski definition) is 1. The van der Waals surface area contributed by atoms with Gasteiger partial charge in [-0.15, -0.1) is 0 Å². The zero-order valence-electron chi connectivity index (χ0n) is 11.4. The molecule has 0 unspecified atom stereocenters. The fourth-order valence-electron chi connectivity index (χ4n) is 2.57. The smallest absolute Gasteiger partial charge is 0.266 e. The summed E-state index contributed by atoms with van der Waals surface area (Å²) in [6, 6.07) is 1.23. The van der Waals surface area contributed by atoms with E-state index in [0.29, 0.717) is 0 Å². The van der Waals surface area contributed by atoms with Gasteiger partial charge in [-0.05, 0) is 18.9 Å². The molecule has 1 heterocycles. The maximum absolute atomic E-state index is 12.6. The van der Waals surface area contributed by atoms with Crippen LogP contribution in [0.1, 0.15) is 38.5 Å². The van der Waals surface area contributed by atoms with Gasteiger partial charge in [0.15, 0.2) is 0 Å². The third-order valence-electron chi connectivity index (χ3n) is 3.85. The number of aromatic nitrogens is 1. The minimum atomic E-state index is -3.62. The number of hydrogen-bond acceptors (Lipinski definition) is 3. The first kappa shape index (κ1) is 15.5. The van der Waals surface area contributed by atoms with E-state index in [1.54, 1.807) is 7.05 Å². The Morgan fingerprint density at radius 1 is 1.25 bits per heavy atom. The van der Waals surface area contributed by atoms with Gasteiger partial charge in [0.25, 0.3) is 5.56 Å². The molecule has 1 aliphatic rings. The SMILES string of the molecule is CN(C1CCCCCC1)S(=O)(=O)c1c[nH]c(=O)c(Cl)c1. The molecule has 2 rings (SSSR count). The summed E-state index contributed by atoms with van der Waals surface area (Å²) in [6.07, 6.45) is 7.40. The first-order chi connectivity index (χ1) is 9.43. The average Bonchev–Trinajstić information content (AvgIpc) is 2.69. The summed E-state index contributed by atoms with van der Waals surface area (Å²) in [7, 11) is -2.01. The number of sulfonamides is 1. The number of nitrogens with one attached hydrogen (secondary N) is 1. The van der Waals surface area contributed by atoms with Crippen LogP contribution in [0.4, 0.5) is 0 Å². The van der Waals surface area contributed by atoms with Gasteiger partial charge in [-0.25, -0.2) is 8.42 Å². The van der Waals surface area contributed by atoms with Crippen LogP contribution in [0.3, 0.4) is 0 Å². The van der Waals surface area contributed by atoms with E-state index in [0.717, 1.165) is 38.5 Å². The number of nitrogens with zero attached hydrogens (tertiary/aromatic N) is 1. The van der Waals surface area contributed by atoms with Crippen molar-refractivity contribution in [2.75, 3.05) is 7.05 Å². The highest BCUT2D eigenvalue weighted by atomic mass is 35.5. The summed E-state index contributed by atoms with van der Waals surface area (Å²) in [4.78, 5) is 13.6.